The highest BCUT2D eigenvalue weighted by Gasteiger charge is 2.30. The third kappa shape index (κ3) is 4.83. The minimum atomic E-state index is -1.000. The van der Waals surface area contributed by atoms with E-state index in [1.807, 2.05) is 54.6 Å². The van der Waals surface area contributed by atoms with Crippen LogP contribution in [0.15, 0.2) is 54.6 Å². The molecule has 1 aromatic heterocycles. The van der Waals surface area contributed by atoms with Gasteiger partial charge < -0.3 is 10.2 Å². The molecule has 4 rings (SSSR count). The summed E-state index contributed by atoms with van der Waals surface area (Å²) < 4.78 is 0. The van der Waals surface area contributed by atoms with Gasteiger partial charge in [-0.25, -0.2) is 9.97 Å². The van der Waals surface area contributed by atoms with Gasteiger partial charge in [-0.2, -0.15) is 5.26 Å². The Morgan fingerprint density at radius 1 is 1.16 bits per heavy atom. The number of nitrogens with one attached hydrogen (secondary N) is 1. The van der Waals surface area contributed by atoms with Crippen molar-refractivity contribution in [1.82, 2.24) is 15.3 Å². The van der Waals surface area contributed by atoms with E-state index in [9.17, 15) is 10.1 Å². The number of amides is 1. The molecule has 0 aliphatic carbocycles. The number of anilines is 1. The average molecular weight is 414 g/mol. The number of hydrogen-bond donors (Lipinski definition) is 1. The first kappa shape index (κ1) is 20.8. The van der Waals surface area contributed by atoms with Gasteiger partial charge in [0.2, 0.25) is 5.91 Å². The number of aromatic nitrogens is 2. The van der Waals surface area contributed by atoms with Crippen LogP contribution in [0.1, 0.15) is 36.9 Å². The summed E-state index contributed by atoms with van der Waals surface area (Å²) in [7, 11) is 0. The van der Waals surface area contributed by atoms with Crippen molar-refractivity contribution < 1.29 is 4.79 Å². The lowest BCUT2D eigenvalue weighted by molar-refractivity contribution is -0.121. The molecule has 0 unspecified atom stereocenters. The fourth-order valence-electron chi connectivity index (χ4n) is 4.13. The van der Waals surface area contributed by atoms with Gasteiger partial charge in [-0.05, 0) is 42.9 Å². The van der Waals surface area contributed by atoms with Crippen LogP contribution in [0.25, 0.3) is 11.0 Å². The minimum Gasteiger partial charge on any atom is -0.355 e. The molecule has 1 saturated heterocycles. The SMILES string of the molecule is C[C@H]1CCCN(c2nc3ccccc3nc2[C@H](C#N)C(=O)NCCc2ccccc2)C1. The number of fused-ring (bicyclic) bond motifs is 1. The quantitative estimate of drug-likeness (QED) is 0.664. The van der Waals surface area contributed by atoms with Gasteiger partial charge in [-0.3, -0.25) is 4.79 Å². The summed E-state index contributed by atoms with van der Waals surface area (Å²) in [4.78, 5) is 24.8. The molecule has 0 bridgehead atoms. The summed E-state index contributed by atoms with van der Waals surface area (Å²) in [6, 6.07) is 19.8. The van der Waals surface area contributed by atoms with Crippen molar-refractivity contribution >= 4 is 22.8 Å². The molecule has 2 atom stereocenters. The lowest BCUT2D eigenvalue weighted by atomic mass is 9.98. The zero-order valence-corrected chi connectivity index (χ0v) is 17.8. The van der Waals surface area contributed by atoms with Crippen molar-refractivity contribution in [2.24, 2.45) is 5.92 Å². The fraction of sp³-hybridized carbons (Fsp3) is 0.360. The number of nitriles is 1. The molecule has 1 aliphatic rings. The van der Waals surface area contributed by atoms with Crippen molar-refractivity contribution in [2.75, 3.05) is 24.5 Å². The Morgan fingerprint density at radius 2 is 1.87 bits per heavy atom. The molecule has 0 radical (unpaired) electrons. The van der Waals surface area contributed by atoms with Gasteiger partial charge in [0.1, 0.15) is 5.69 Å². The largest absolute Gasteiger partial charge is 0.355 e. The van der Waals surface area contributed by atoms with Crippen molar-refractivity contribution in [3.8, 4) is 6.07 Å². The van der Waals surface area contributed by atoms with Crippen LogP contribution in [0.3, 0.4) is 0 Å². The van der Waals surface area contributed by atoms with Crippen LogP contribution in [0.2, 0.25) is 0 Å². The molecule has 6 heteroatoms. The average Bonchev–Trinajstić information content (AvgIpc) is 2.80. The van der Waals surface area contributed by atoms with Crippen molar-refractivity contribution in [3.05, 3.63) is 65.9 Å². The Labute approximate surface area is 182 Å². The topological polar surface area (TPSA) is 81.9 Å². The van der Waals surface area contributed by atoms with Crippen LogP contribution in [0, 0.1) is 17.2 Å². The summed E-state index contributed by atoms with van der Waals surface area (Å²) >= 11 is 0. The normalized spacial score (nSPS) is 17.2. The van der Waals surface area contributed by atoms with E-state index in [4.69, 9.17) is 9.97 Å². The zero-order chi connectivity index (χ0) is 21.6. The van der Waals surface area contributed by atoms with Crippen LogP contribution in [0.4, 0.5) is 5.82 Å². The number of carbonyl (C=O) groups is 1. The Balaban J connectivity index is 1.61. The number of carbonyl (C=O) groups excluding carboxylic acids is 1. The van der Waals surface area contributed by atoms with E-state index in [0.29, 0.717) is 35.9 Å². The van der Waals surface area contributed by atoms with Crippen molar-refractivity contribution in [2.45, 2.75) is 32.1 Å². The summed E-state index contributed by atoms with van der Waals surface area (Å²) in [6.45, 7) is 4.41. The number of piperidine rings is 1. The standard InChI is InChI=1S/C25H27N5O/c1-18-8-7-15-30(17-18)24-23(28-21-11-5-6-12-22(21)29-24)20(16-26)25(31)27-14-13-19-9-3-2-4-10-19/h2-6,9-12,18,20H,7-8,13-15,17H2,1H3,(H,27,31)/t18-,20-/m0/s1. The lowest BCUT2D eigenvalue weighted by Crippen LogP contribution is -2.37. The number of nitrogens with zero attached hydrogens (tertiary/aromatic N) is 4. The molecule has 0 spiro atoms. The first-order chi connectivity index (χ1) is 15.2. The van der Waals surface area contributed by atoms with Gasteiger partial charge in [0.25, 0.3) is 0 Å². The number of benzene rings is 2. The van der Waals surface area contributed by atoms with Gasteiger partial charge in [0.05, 0.1) is 17.1 Å². The second kappa shape index (κ2) is 9.57. The third-order valence-electron chi connectivity index (χ3n) is 5.76. The van der Waals surface area contributed by atoms with Gasteiger partial charge in [-0.15, -0.1) is 0 Å². The molecule has 1 amide bonds. The molecule has 2 heterocycles. The van der Waals surface area contributed by atoms with Crippen LogP contribution in [-0.4, -0.2) is 35.5 Å². The maximum absolute atomic E-state index is 13.0. The molecule has 1 aliphatic heterocycles. The molecule has 158 valence electrons. The molecule has 1 fully saturated rings. The van der Waals surface area contributed by atoms with E-state index in [2.05, 4.69) is 23.2 Å². The first-order valence-electron chi connectivity index (χ1n) is 10.9. The highest BCUT2D eigenvalue weighted by Crippen LogP contribution is 2.30. The second-order valence-electron chi connectivity index (χ2n) is 8.20. The van der Waals surface area contributed by atoms with Crippen molar-refractivity contribution in [1.29, 1.82) is 5.26 Å². The van der Waals surface area contributed by atoms with Gasteiger partial charge in [-0.1, -0.05) is 49.4 Å². The van der Waals surface area contributed by atoms with Crippen molar-refractivity contribution in [3.63, 3.8) is 0 Å². The molecule has 3 aromatic rings. The van der Waals surface area contributed by atoms with E-state index in [1.54, 1.807) is 0 Å². The molecule has 1 N–H and O–H groups in total. The van der Waals surface area contributed by atoms with Crippen LogP contribution < -0.4 is 10.2 Å². The Morgan fingerprint density at radius 3 is 2.58 bits per heavy atom. The summed E-state index contributed by atoms with van der Waals surface area (Å²) in [5.41, 5.74) is 3.07. The second-order valence-corrected chi connectivity index (χ2v) is 8.20. The number of para-hydroxylation sites is 2. The molecule has 2 aromatic carbocycles. The number of rotatable bonds is 6. The summed E-state index contributed by atoms with van der Waals surface area (Å²) in [5, 5.41) is 12.8. The number of hydrogen-bond acceptors (Lipinski definition) is 5. The smallest absolute Gasteiger partial charge is 0.243 e. The molecule has 0 saturated carbocycles. The molecular weight excluding hydrogens is 386 g/mol. The predicted octanol–water partition coefficient (Wildman–Crippen LogP) is 3.83. The van der Waals surface area contributed by atoms with E-state index in [-0.39, 0.29) is 5.91 Å². The van der Waals surface area contributed by atoms with E-state index in [0.717, 1.165) is 30.6 Å². The first-order valence-corrected chi connectivity index (χ1v) is 10.9. The summed E-state index contributed by atoms with van der Waals surface area (Å²) in [5.74, 6) is -0.125. The molecular formula is C25H27N5O. The third-order valence-corrected chi connectivity index (χ3v) is 5.76. The maximum atomic E-state index is 13.0. The minimum absolute atomic E-state index is 0.325. The predicted molar refractivity (Wildman–Crippen MR) is 122 cm³/mol. The molecule has 6 nitrogen and oxygen atoms in total. The lowest BCUT2D eigenvalue weighted by Gasteiger charge is -2.33. The Hall–Kier alpha value is -3.46. The Bertz CT molecular complexity index is 1090. The van der Waals surface area contributed by atoms with Crippen LogP contribution in [-0.2, 0) is 11.2 Å². The Kier molecular flexibility index (Phi) is 6.42. The van der Waals surface area contributed by atoms with Crippen LogP contribution >= 0.6 is 0 Å². The molecule has 31 heavy (non-hydrogen) atoms. The monoisotopic (exact) mass is 413 g/mol. The van der Waals surface area contributed by atoms with Gasteiger partial charge >= 0.3 is 0 Å². The highest BCUT2D eigenvalue weighted by atomic mass is 16.1. The van der Waals surface area contributed by atoms with E-state index in [1.165, 1.54) is 6.42 Å². The van der Waals surface area contributed by atoms with E-state index < -0.39 is 5.92 Å². The van der Waals surface area contributed by atoms with Gasteiger partial charge in [0, 0.05) is 19.6 Å². The maximum Gasteiger partial charge on any atom is 0.243 e. The van der Waals surface area contributed by atoms with E-state index >= 15 is 0 Å². The fourth-order valence-corrected chi connectivity index (χ4v) is 4.13. The summed E-state index contributed by atoms with van der Waals surface area (Å²) in [6.07, 6.45) is 2.95. The van der Waals surface area contributed by atoms with Gasteiger partial charge in [0.15, 0.2) is 11.7 Å². The zero-order valence-electron chi connectivity index (χ0n) is 17.8. The highest BCUT2D eigenvalue weighted by molar-refractivity contribution is 5.88. The van der Waals surface area contributed by atoms with Crippen LogP contribution in [0.5, 0.6) is 0 Å².